The van der Waals surface area contributed by atoms with Gasteiger partial charge in [0.15, 0.2) is 5.69 Å². The van der Waals surface area contributed by atoms with Crippen LogP contribution in [0.3, 0.4) is 0 Å². The fourth-order valence-electron chi connectivity index (χ4n) is 7.11. The van der Waals surface area contributed by atoms with E-state index in [1.807, 2.05) is 81.4 Å². The Balaban J connectivity index is 1.18. The number of benzene rings is 2. The van der Waals surface area contributed by atoms with Gasteiger partial charge in [0.05, 0.1) is 60.3 Å². The van der Waals surface area contributed by atoms with Gasteiger partial charge in [-0.15, -0.1) is 5.10 Å². The number of amides is 3. The molecule has 0 saturated carbocycles. The van der Waals surface area contributed by atoms with E-state index >= 15 is 0 Å². The molecule has 3 atom stereocenters. The molecule has 2 aliphatic heterocycles. The lowest BCUT2D eigenvalue weighted by molar-refractivity contribution is 0.0465. The number of carbonyl (C=O) groups is 3. The van der Waals surface area contributed by atoms with Gasteiger partial charge in [0.2, 0.25) is 0 Å². The SMILES string of the molecule is C[C@H]1CN(c2ccncc2NC(=O)c2nc3cc(C4=CCOCC4)ccc3cc2NC(=O)OCc2ccccc2)C[C@@H](NC(=O)OC(C)(C)C)[C@H]1n1ccnn1. The maximum absolute atomic E-state index is 14.3. The van der Waals surface area contributed by atoms with Crippen LogP contribution in [0.25, 0.3) is 16.5 Å². The van der Waals surface area contributed by atoms with Crippen molar-refractivity contribution in [1.82, 2.24) is 30.3 Å². The molecule has 5 aromatic rings. The molecule has 0 unspecified atom stereocenters. The molecule has 56 heavy (non-hydrogen) atoms. The highest BCUT2D eigenvalue weighted by atomic mass is 16.6. The van der Waals surface area contributed by atoms with Crippen LogP contribution in [0.5, 0.6) is 0 Å². The van der Waals surface area contributed by atoms with Crippen molar-refractivity contribution in [3.8, 4) is 0 Å². The second-order valence-corrected chi connectivity index (χ2v) is 14.9. The van der Waals surface area contributed by atoms with Gasteiger partial charge in [-0.3, -0.25) is 15.1 Å². The van der Waals surface area contributed by atoms with E-state index in [9.17, 15) is 14.4 Å². The average Bonchev–Trinajstić information content (AvgIpc) is 3.71. The van der Waals surface area contributed by atoms with Crippen LogP contribution in [-0.2, 0) is 20.8 Å². The van der Waals surface area contributed by atoms with Crippen molar-refractivity contribution in [3.63, 3.8) is 0 Å². The monoisotopic (exact) mass is 759 g/mol. The Morgan fingerprint density at radius 1 is 0.964 bits per heavy atom. The topological polar surface area (TPSA) is 175 Å². The Morgan fingerprint density at radius 3 is 2.55 bits per heavy atom. The highest BCUT2D eigenvalue weighted by Gasteiger charge is 2.39. The quantitative estimate of drug-likeness (QED) is 0.147. The molecule has 5 heterocycles. The third kappa shape index (κ3) is 9.12. The van der Waals surface area contributed by atoms with Crippen LogP contribution in [0.4, 0.5) is 26.7 Å². The Labute approximate surface area is 324 Å². The lowest BCUT2D eigenvalue weighted by Gasteiger charge is -2.44. The van der Waals surface area contributed by atoms with Gasteiger partial charge in [-0.05, 0) is 68.0 Å². The number of alkyl carbamates (subject to hydrolysis) is 1. The summed E-state index contributed by atoms with van der Waals surface area (Å²) in [6.07, 6.45) is 8.12. The Kier molecular flexibility index (Phi) is 11.2. The fraction of sp³-hybridized carbons (Fsp3) is 0.341. The number of aromatic nitrogens is 5. The number of carbonyl (C=O) groups excluding carboxylic acids is 3. The van der Waals surface area contributed by atoms with Crippen LogP contribution in [0.2, 0.25) is 0 Å². The number of piperidine rings is 1. The van der Waals surface area contributed by atoms with Crippen LogP contribution in [-0.4, -0.2) is 81.0 Å². The van der Waals surface area contributed by atoms with Crippen LogP contribution in [0.15, 0.2) is 91.5 Å². The van der Waals surface area contributed by atoms with E-state index in [1.165, 1.54) is 0 Å². The lowest BCUT2D eigenvalue weighted by atomic mass is 9.89. The molecular weight excluding hydrogens is 715 g/mol. The number of anilines is 3. The molecule has 0 bridgehead atoms. The molecule has 3 amide bonds. The van der Waals surface area contributed by atoms with Gasteiger partial charge >= 0.3 is 12.2 Å². The summed E-state index contributed by atoms with van der Waals surface area (Å²) in [4.78, 5) is 51.8. The number of fused-ring (bicyclic) bond motifs is 1. The minimum atomic E-state index is -0.733. The van der Waals surface area contributed by atoms with E-state index in [0.717, 1.165) is 28.5 Å². The van der Waals surface area contributed by atoms with Crippen molar-refractivity contribution in [2.75, 3.05) is 41.8 Å². The standard InChI is InChI=1S/C41H45N9O6/c1-26-23-49(24-34(37(26)50-17-16-43-48-50)47-40(53)56-41(2,3)4)35-12-15-42-22-33(35)45-38(51)36-32(46-39(52)55-25-27-8-6-5-7-9-27)21-30-11-10-29(20-31(30)44-36)28-13-18-54-19-14-28/h5-13,15-17,20-22,26,34,37H,14,18-19,23-25H2,1-4H3,(H,45,51)(H,46,52)(H,47,53)/t26-,34+,37-/m0/s1. The summed E-state index contributed by atoms with van der Waals surface area (Å²) in [5.41, 5.74) is 4.09. The van der Waals surface area contributed by atoms with Crippen LogP contribution >= 0.6 is 0 Å². The molecule has 0 aliphatic carbocycles. The van der Waals surface area contributed by atoms with Crippen molar-refractivity contribution in [1.29, 1.82) is 0 Å². The summed E-state index contributed by atoms with van der Waals surface area (Å²) in [6.45, 7) is 9.62. The summed E-state index contributed by atoms with van der Waals surface area (Å²) >= 11 is 0. The van der Waals surface area contributed by atoms with Crippen molar-refractivity contribution in [2.24, 2.45) is 5.92 Å². The molecule has 1 saturated heterocycles. The van der Waals surface area contributed by atoms with Gasteiger partial charge < -0.3 is 29.7 Å². The predicted molar refractivity (Wildman–Crippen MR) is 211 cm³/mol. The van der Waals surface area contributed by atoms with E-state index in [-0.39, 0.29) is 29.9 Å². The Hall–Kier alpha value is -6.35. The zero-order chi connectivity index (χ0) is 39.2. The van der Waals surface area contributed by atoms with Crippen molar-refractivity contribution < 1.29 is 28.6 Å². The molecule has 1 fully saturated rings. The van der Waals surface area contributed by atoms with E-state index in [4.69, 9.17) is 19.2 Å². The third-order valence-corrected chi connectivity index (χ3v) is 9.57. The number of nitrogens with zero attached hydrogens (tertiary/aromatic N) is 6. The van der Waals surface area contributed by atoms with Crippen molar-refractivity contribution >= 4 is 51.6 Å². The van der Waals surface area contributed by atoms with E-state index in [2.05, 4.69) is 43.1 Å². The first kappa shape index (κ1) is 37.9. The second kappa shape index (κ2) is 16.6. The van der Waals surface area contributed by atoms with Crippen molar-refractivity contribution in [3.05, 3.63) is 108 Å². The summed E-state index contributed by atoms with van der Waals surface area (Å²) in [5, 5.41) is 17.8. The van der Waals surface area contributed by atoms with Crippen LogP contribution in [0.1, 0.15) is 61.8 Å². The molecule has 290 valence electrons. The number of hydrogen-bond acceptors (Lipinski definition) is 11. The molecule has 2 aromatic carbocycles. The minimum absolute atomic E-state index is 0.00945. The lowest BCUT2D eigenvalue weighted by Crippen LogP contribution is -2.57. The molecule has 3 N–H and O–H groups in total. The van der Waals surface area contributed by atoms with Gasteiger partial charge in [0.25, 0.3) is 5.91 Å². The van der Waals surface area contributed by atoms with E-state index in [0.29, 0.717) is 43.2 Å². The van der Waals surface area contributed by atoms with Gasteiger partial charge in [0.1, 0.15) is 12.2 Å². The molecule has 0 spiro atoms. The van der Waals surface area contributed by atoms with Crippen molar-refractivity contribution in [2.45, 2.75) is 58.4 Å². The first-order chi connectivity index (χ1) is 27.0. The molecule has 0 radical (unpaired) electrons. The number of nitrogens with one attached hydrogen (secondary N) is 3. The summed E-state index contributed by atoms with van der Waals surface area (Å²) in [7, 11) is 0. The highest BCUT2D eigenvalue weighted by molar-refractivity contribution is 6.11. The molecule has 15 nitrogen and oxygen atoms in total. The first-order valence-corrected chi connectivity index (χ1v) is 18.6. The zero-order valence-corrected chi connectivity index (χ0v) is 31.8. The second-order valence-electron chi connectivity index (χ2n) is 14.9. The van der Waals surface area contributed by atoms with Gasteiger partial charge in [-0.2, -0.15) is 0 Å². The molecule has 3 aromatic heterocycles. The summed E-state index contributed by atoms with van der Waals surface area (Å²) in [6, 6.07) is 18.0. The number of pyridine rings is 2. The zero-order valence-electron chi connectivity index (χ0n) is 31.8. The number of hydrogen-bond donors (Lipinski definition) is 3. The van der Waals surface area contributed by atoms with E-state index < -0.39 is 29.7 Å². The first-order valence-electron chi connectivity index (χ1n) is 18.6. The maximum Gasteiger partial charge on any atom is 0.412 e. The maximum atomic E-state index is 14.3. The molecular formula is C41H45N9O6. The van der Waals surface area contributed by atoms with Gasteiger partial charge in [-0.1, -0.05) is 60.7 Å². The summed E-state index contributed by atoms with van der Waals surface area (Å²) < 4.78 is 18.4. The van der Waals surface area contributed by atoms with Crippen LogP contribution < -0.4 is 20.9 Å². The van der Waals surface area contributed by atoms with Crippen LogP contribution in [0, 0.1) is 5.92 Å². The smallest absolute Gasteiger partial charge is 0.412 e. The van der Waals surface area contributed by atoms with Gasteiger partial charge in [-0.25, -0.2) is 19.3 Å². The number of ether oxygens (including phenoxy) is 3. The average molecular weight is 760 g/mol. The largest absolute Gasteiger partial charge is 0.444 e. The molecule has 2 aliphatic rings. The molecule has 15 heteroatoms. The highest BCUT2D eigenvalue weighted by Crippen LogP contribution is 2.35. The number of rotatable bonds is 9. The molecule has 7 rings (SSSR count). The van der Waals surface area contributed by atoms with Gasteiger partial charge in [0, 0.05) is 30.9 Å². The fourth-order valence-corrected chi connectivity index (χ4v) is 7.11. The predicted octanol–water partition coefficient (Wildman–Crippen LogP) is 6.62. The normalized spacial score (nSPS) is 18.5. The van der Waals surface area contributed by atoms with E-state index in [1.54, 1.807) is 35.5 Å². The Bertz CT molecular complexity index is 2220. The summed E-state index contributed by atoms with van der Waals surface area (Å²) in [5.74, 6) is -0.592. The minimum Gasteiger partial charge on any atom is -0.444 e. The third-order valence-electron chi connectivity index (χ3n) is 9.57. The Morgan fingerprint density at radius 2 is 1.80 bits per heavy atom.